The largest absolute Gasteiger partial charge is 0.494 e. The summed E-state index contributed by atoms with van der Waals surface area (Å²) >= 11 is 0. The van der Waals surface area contributed by atoms with Crippen LogP contribution in [0.1, 0.15) is 82.3 Å². The van der Waals surface area contributed by atoms with Gasteiger partial charge in [0.25, 0.3) is 0 Å². The van der Waals surface area contributed by atoms with Crippen LogP contribution in [-0.4, -0.2) is 23.9 Å². The molecule has 2 rings (SSSR count). The van der Waals surface area contributed by atoms with E-state index in [0.29, 0.717) is 5.92 Å². The fraction of sp³-hybridized carbons (Fsp3) is 0.636. The normalized spacial score (nSPS) is 19.1. The Morgan fingerprint density at radius 1 is 1.24 bits per heavy atom. The number of aliphatic hydroxyl groups excluding tert-OH is 1. The summed E-state index contributed by atoms with van der Waals surface area (Å²) in [6.07, 6.45) is 13.6. The van der Waals surface area contributed by atoms with Gasteiger partial charge in [-0.25, -0.2) is 0 Å². The first kappa shape index (κ1) is 20.0. The highest BCUT2D eigenvalue weighted by molar-refractivity contribution is 5.58. The Balaban J connectivity index is 1.98. The van der Waals surface area contributed by atoms with Crippen molar-refractivity contribution in [2.24, 2.45) is 5.73 Å². The summed E-state index contributed by atoms with van der Waals surface area (Å²) in [5.74, 6) is 1.34. The number of hydrogen-bond donors (Lipinski definition) is 2. The van der Waals surface area contributed by atoms with Gasteiger partial charge in [0.2, 0.25) is 0 Å². The summed E-state index contributed by atoms with van der Waals surface area (Å²) in [7, 11) is 0. The third-order valence-electron chi connectivity index (χ3n) is 5.07. The van der Waals surface area contributed by atoms with Crippen molar-refractivity contribution in [3.63, 3.8) is 0 Å². The molecule has 0 heterocycles. The van der Waals surface area contributed by atoms with E-state index in [4.69, 9.17) is 10.5 Å². The van der Waals surface area contributed by atoms with Gasteiger partial charge in [-0.1, -0.05) is 50.8 Å². The van der Waals surface area contributed by atoms with Gasteiger partial charge in [0.05, 0.1) is 13.2 Å². The second kappa shape index (κ2) is 9.98. The standard InChI is InChI=1S/C22H35NO2/c1-3-4-5-6-9-14-25-20-12-13-21-18(15-20)10-7-8-11-19(21)16-22(2,23)17-24/h7,10,12-13,15,19,24H,3-6,8-9,11,14,16-17,23H2,1-2H3/t19-,22+/m0/s1. The summed E-state index contributed by atoms with van der Waals surface area (Å²) < 4.78 is 5.95. The van der Waals surface area contributed by atoms with Crippen molar-refractivity contribution in [2.75, 3.05) is 13.2 Å². The Morgan fingerprint density at radius 2 is 2.04 bits per heavy atom. The van der Waals surface area contributed by atoms with E-state index in [2.05, 4.69) is 37.3 Å². The number of unbranched alkanes of at least 4 members (excludes halogenated alkanes) is 4. The average molecular weight is 346 g/mol. The Labute approximate surface area is 153 Å². The third-order valence-corrected chi connectivity index (χ3v) is 5.07. The number of allylic oxidation sites excluding steroid dienone is 1. The molecule has 0 bridgehead atoms. The molecule has 3 nitrogen and oxygen atoms in total. The molecule has 1 aliphatic rings. The topological polar surface area (TPSA) is 55.5 Å². The Morgan fingerprint density at radius 3 is 2.80 bits per heavy atom. The number of fused-ring (bicyclic) bond motifs is 1. The summed E-state index contributed by atoms with van der Waals surface area (Å²) in [5, 5.41) is 9.50. The maximum atomic E-state index is 9.50. The first-order chi connectivity index (χ1) is 12.1. The van der Waals surface area contributed by atoms with Gasteiger partial charge >= 0.3 is 0 Å². The van der Waals surface area contributed by atoms with Crippen molar-refractivity contribution in [3.05, 3.63) is 35.4 Å². The second-order valence-corrected chi connectivity index (χ2v) is 7.75. The van der Waals surface area contributed by atoms with Crippen molar-refractivity contribution in [1.82, 2.24) is 0 Å². The lowest BCUT2D eigenvalue weighted by atomic mass is 9.82. The first-order valence-corrected chi connectivity index (χ1v) is 9.89. The van der Waals surface area contributed by atoms with Crippen molar-refractivity contribution in [3.8, 4) is 5.75 Å². The van der Waals surface area contributed by atoms with E-state index in [1.54, 1.807) is 0 Å². The van der Waals surface area contributed by atoms with E-state index in [-0.39, 0.29) is 6.61 Å². The van der Waals surface area contributed by atoms with E-state index in [9.17, 15) is 5.11 Å². The Kier molecular flexibility index (Phi) is 7.98. The molecule has 25 heavy (non-hydrogen) atoms. The molecule has 1 aromatic carbocycles. The van der Waals surface area contributed by atoms with Gasteiger partial charge in [-0.15, -0.1) is 0 Å². The molecule has 0 saturated carbocycles. The summed E-state index contributed by atoms with van der Waals surface area (Å²) in [5.41, 5.74) is 8.24. The number of rotatable bonds is 10. The predicted molar refractivity (Wildman–Crippen MR) is 106 cm³/mol. The molecule has 0 aromatic heterocycles. The molecule has 0 radical (unpaired) electrons. The van der Waals surface area contributed by atoms with Gasteiger partial charge in [0.15, 0.2) is 0 Å². The molecule has 0 spiro atoms. The van der Waals surface area contributed by atoms with E-state index in [1.807, 2.05) is 6.92 Å². The molecular formula is C22H35NO2. The van der Waals surface area contributed by atoms with Crippen LogP contribution in [-0.2, 0) is 0 Å². The van der Waals surface area contributed by atoms with Gasteiger partial charge < -0.3 is 15.6 Å². The van der Waals surface area contributed by atoms with Gasteiger partial charge in [0, 0.05) is 5.54 Å². The van der Waals surface area contributed by atoms with Crippen molar-refractivity contribution in [1.29, 1.82) is 0 Å². The van der Waals surface area contributed by atoms with E-state index in [1.165, 1.54) is 36.8 Å². The molecule has 0 fully saturated rings. The quantitative estimate of drug-likeness (QED) is 0.585. The van der Waals surface area contributed by atoms with Crippen LogP contribution < -0.4 is 10.5 Å². The van der Waals surface area contributed by atoms with Crippen LogP contribution in [0.15, 0.2) is 24.3 Å². The lowest BCUT2D eigenvalue weighted by molar-refractivity contribution is 0.191. The highest BCUT2D eigenvalue weighted by Crippen LogP contribution is 2.36. The fourth-order valence-electron chi connectivity index (χ4n) is 3.56. The Bertz CT molecular complexity index is 551. The summed E-state index contributed by atoms with van der Waals surface area (Å²) in [6, 6.07) is 6.43. The van der Waals surface area contributed by atoms with Crippen LogP contribution in [0, 0.1) is 0 Å². The zero-order valence-electron chi connectivity index (χ0n) is 16.0. The average Bonchev–Trinajstić information content (AvgIpc) is 2.79. The van der Waals surface area contributed by atoms with Crippen LogP contribution in [0.4, 0.5) is 0 Å². The zero-order valence-corrected chi connectivity index (χ0v) is 16.0. The summed E-state index contributed by atoms with van der Waals surface area (Å²) in [6.45, 7) is 4.98. The molecule has 0 saturated heterocycles. The molecule has 1 aliphatic carbocycles. The lowest BCUT2D eigenvalue weighted by Gasteiger charge is -2.28. The number of aliphatic hydroxyl groups is 1. The van der Waals surface area contributed by atoms with Gasteiger partial charge in [-0.3, -0.25) is 0 Å². The second-order valence-electron chi connectivity index (χ2n) is 7.75. The lowest BCUT2D eigenvalue weighted by Crippen LogP contribution is -2.41. The SMILES string of the molecule is CCCCCCCOc1ccc2c(c1)C=CCC[C@H]2C[C@@](C)(N)CO. The monoisotopic (exact) mass is 345 g/mol. The molecule has 3 N–H and O–H groups in total. The molecule has 0 aliphatic heterocycles. The van der Waals surface area contributed by atoms with Crippen molar-refractivity contribution < 1.29 is 9.84 Å². The fourth-order valence-corrected chi connectivity index (χ4v) is 3.56. The van der Waals surface area contributed by atoms with Crippen LogP contribution >= 0.6 is 0 Å². The maximum Gasteiger partial charge on any atom is 0.119 e. The van der Waals surface area contributed by atoms with Gasteiger partial charge in [0.1, 0.15) is 5.75 Å². The van der Waals surface area contributed by atoms with E-state index < -0.39 is 5.54 Å². The van der Waals surface area contributed by atoms with E-state index >= 15 is 0 Å². The number of nitrogens with two attached hydrogens (primary N) is 1. The maximum absolute atomic E-state index is 9.50. The minimum absolute atomic E-state index is 0.0193. The van der Waals surface area contributed by atoms with Crippen molar-refractivity contribution >= 4 is 6.08 Å². The van der Waals surface area contributed by atoms with Crippen LogP contribution in [0.25, 0.3) is 6.08 Å². The summed E-state index contributed by atoms with van der Waals surface area (Å²) in [4.78, 5) is 0. The minimum Gasteiger partial charge on any atom is -0.494 e. The number of ether oxygens (including phenoxy) is 1. The molecule has 2 atom stereocenters. The number of hydrogen-bond acceptors (Lipinski definition) is 3. The van der Waals surface area contributed by atoms with Gasteiger partial charge in [-0.05, 0) is 61.8 Å². The predicted octanol–water partition coefficient (Wildman–Crippen LogP) is 5.03. The molecule has 3 heteroatoms. The highest BCUT2D eigenvalue weighted by atomic mass is 16.5. The number of benzene rings is 1. The minimum atomic E-state index is -0.528. The van der Waals surface area contributed by atoms with Crippen LogP contribution in [0.3, 0.4) is 0 Å². The molecule has 0 amide bonds. The molecule has 1 aromatic rings. The van der Waals surface area contributed by atoms with Crippen LogP contribution in [0.2, 0.25) is 0 Å². The molecule has 140 valence electrons. The Hall–Kier alpha value is -1.32. The molecule has 0 unspecified atom stereocenters. The van der Waals surface area contributed by atoms with Gasteiger partial charge in [-0.2, -0.15) is 0 Å². The van der Waals surface area contributed by atoms with E-state index in [0.717, 1.165) is 38.0 Å². The zero-order chi connectivity index (χ0) is 18.1. The van der Waals surface area contributed by atoms with Crippen molar-refractivity contribution in [2.45, 2.75) is 76.7 Å². The molecular weight excluding hydrogens is 310 g/mol. The first-order valence-electron chi connectivity index (χ1n) is 9.89. The third kappa shape index (κ3) is 6.48. The highest BCUT2D eigenvalue weighted by Gasteiger charge is 2.26. The smallest absolute Gasteiger partial charge is 0.119 e. The van der Waals surface area contributed by atoms with Crippen LogP contribution in [0.5, 0.6) is 5.75 Å².